The number of amides is 1. The molecule has 1 saturated heterocycles. The van der Waals surface area contributed by atoms with E-state index in [-0.39, 0.29) is 11.3 Å². The van der Waals surface area contributed by atoms with Gasteiger partial charge in [-0.2, -0.15) is 0 Å². The number of piperidine rings is 1. The van der Waals surface area contributed by atoms with Gasteiger partial charge < -0.3 is 24.1 Å². The second-order valence-electron chi connectivity index (χ2n) is 8.48. The van der Waals surface area contributed by atoms with Gasteiger partial charge in [0.25, 0.3) is 5.91 Å². The summed E-state index contributed by atoms with van der Waals surface area (Å²) in [6.45, 7) is 8.83. The molecule has 1 amide bonds. The molecule has 33 heavy (non-hydrogen) atoms. The number of carbonyl (C=O) groups excluding carboxylic acids is 2. The van der Waals surface area contributed by atoms with Crippen LogP contribution in [0.3, 0.4) is 0 Å². The fourth-order valence-corrected chi connectivity index (χ4v) is 4.51. The monoisotopic (exact) mass is 450 g/mol. The average molecular weight is 451 g/mol. The predicted molar refractivity (Wildman–Crippen MR) is 124 cm³/mol. The lowest BCUT2D eigenvalue weighted by Crippen LogP contribution is -2.40. The number of likely N-dealkylation sites (tertiary alicyclic amines) is 1. The van der Waals surface area contributed by atoms with Crippen LogP contribution < -0.4 is 4.74 Å². The number of aliphatic hydroxyl groups excluding tert-OH is 1. The van der Waals surface area contributed by atoms with Crippen molar-refractivity contribution in [2.45, 2.75) is 32.2 Å². The first-order chi connectivity index (χ1) is 16.0. The van der Waals surface area contributed by atoms with Gasteiger partial charge in [0.2, 0.25) is 5.78 Å². The molecule has 2 aromatic rings. The second kappa shape index (κ2) is 10.1. The van der Waals surface area contributed by atoms with Crippen molar-refractivity contribution in [3.05, 3.63) is 77.5 Å². The molecule has 3 heterocycles. The standard InChI is InChI=1S/C26H30N2O5/c1-3-16-32-20-9-7-8-19(17-20)23-22(24(29)21-11-10-18(2)33-21)25(30)26(31)28(23)15-14-27-12-5-4-6-13-27/h3,7-11,17,23,30H,1,4-6,12-16H2,2H3. The zero-order valence-corrected chi connectivity index (χ0v) is 19.0. The number of aryl methyl sites for hydroxylation is 1. The van der Waals surface area contributed by atoms with Crippen LogP contribution in [0.4, 0.5) is 0 Å². The van der Waals surface area contributed by atoms with E-state index in [0.717, 1.165) is 25.9 Å². The number of carbonyl (C=O) groups is 2. The lowest BCUT2D eigenvalue weighted by molar-refractivity contribution is -0.129. The molecule has 1 atom stereocenters. The highest BCUT2D eigenvalue weighted by atomic mass is 16.5. The lowest BCUT2D eigenvalue weighted by atomic mass is 9.95. The molecule has 0 bridgehead atoms. The number of hydrogen-bond donors (Lipinski definition) is 1. The molecule has 2 aliphatic heterocycles. The van der Waals surface area contributed by atoms with Crippen molar-refractivity contribution >= 4 is 11.7 Å². The minimum atomic E-state index is -0.729. The van der Waals surface area contributed by atoms with Crippen LogP contribution in [0.25, 0.3) is 0 Å². The van der Waals surface area contributed by atoms with E-state index in [2.05, 4.69) is 11.5 Å². The van der Waals surface area contributed by atoms with Crippen molar-refractivity contribution in [2.24, 2.45) is 0 Å². The maximum absolute atomic E-state index is 13.4. The van der Waals surface area contributed by atoms with Crippen LogP contribution in [0.1, 0.15) is 47.2 Å². The van der Waals surface area contributed by atoms with E-state index in [1.165, 1.54) is 6.42 Å². The summed E-state index contributed by atoms with van der Waals surface area (Å²) < 4.78 is 11.2. The summed E-state index contributed by atoms with van der Waals surface area (Å²) in [6.07, 6.45) is 5.16. The summed E-state index contributed by atoms with van der Waals surface area (Å²) in [4.78, 5) is 30.4. The number of hydrogen-bond acceptors (Lipinski definition) is 6. The lowest BCUT2D eigenvalue weighted by Gasteiger charge is -2.31. The van der Waals surface area contributed by atoms with Gasteiger partial charge in [0.1, 0.15) is 18.1 Å². The van der Waals surface area contributed by atoms with E-state index in [1.54, 1.807) is 36.1 Å². The Labute approximate surface area is 193 Å². The van der Waals surface area contributed by atoms with Gasteiger partial charge in [-0.3, -0.25) is 9.59 Å². The number of ketones is 1. The summed E-state index contributed by atoms with van der Waals surface area (Å²) in [5, 5.41) is 10.8. The fraction of sp³-hybridized carbons (Fsp3) is 0.385. The van der Waals surface area contributed by atoms with Crippen molar-refractivity contribution in [3.8, 4) is 5.75 Å². The molecule has 174 valence electrons. The third-order valence-corrected chi connectivity index (χ3v) is 6.16. The molecule has 0 spiro atoms. The maximum atomic E-state index is 13.4. The van der Waals surface area contributed by atoms with Gasteiger partial charge in [-0.25, -0.2) is 0 Å². The zero-order chi connectivity index (χ0) is 23.4. The van der Waals surface area contributed by atoms with Crippen LogP contribution in [-0.2, 0) is 4.79 Å². The third kappa shape index (κ3) is 4.88. The first-order valence-corrected chi connectivity index (χ1v) is 11.4. The van der Waals surface area contributed by atoms with Crippen LogP contribution >= 0.6 is 0 Å². The van der Waals surface area contributed by atoms with Gasteiger partial charge in [0.05, 0.1) is 11.6 Å². The van der Waals surface area contributed by atoms with Crippen LogP contribution in [0.5, 0.6) is 5.75 Å². The van der Waals surface area contributed by atoms with Gasteiger partial charge in [0, 0.05) is 13.1 Å². The van der Waals surface area contributed by atoms with Gasteiger partial charge in [0.15, 0.2) is 11.5 Å². The van der Waals surface area contributed by atoms with Crippen LogP contribution in [0, 0.1) is 6.92 Å². The topological polar surface area (TPSA) is 83.2 Å². The van der Waals surface area contributed by atoms with E-state index < -0.39 is 23.5 Å². The number of Topliss-reactive ketones (excluding diaryl/α,β-unsaturated/α-hetero) is 1. The second-order valence-corrected chi connectivity index (χ2v) is 8.48. The zero-order valence-electron chi connectivity index (χ0n) is 19.0. The van der Waals surface area contributed by atoms with Gasteiger partial charge >= 0.3 is 0 Å². The van der Waals surface area contributed by atoms with E-state index in [9.17, 15) is 14.7 Å². The Hall–Kier alpha value is -3.32. The first kappa shape index (κ1) is 22.9. The predicted octanol–water partition coefficient (Wildman–Crippen LogP) is 4.22. The Morgan fingerprint density at radius 2 is 2.00 bits per heavy atom. The molecule has 1 aromatic carbocycles. The van der Waals surface area contributed by atoms with Crippen LogP contribution in [-0.4, -0.2) is 59.4 Å². The van der Waals surface area contributed by atoms with Crippen molar-refractivity contribution < 1.29 is 23.8 Å². The highest BCUT2D eigenvalue weighted by Crippen LogP contribution is 2.40. The van der Waals surface area contributed by atoms with E-state index in [0.29, 0.717) is 36.8 Å². The summed E-state index contributed by atoms with van der Waals surface area (Å²) in [6, 6.07) is 9.79. The molecular formula is C26H30N2O5. The van der Waals surface area contributed by atoms with E-state index in [1.807, 2.05) is 18.2 Å². The molecular weight excluding hydrogens is 420 g/mol. The smallest absolute Gasteiger partial charge is 0.290 e. The number of benzene rings is 1. The maximum Gasteiger partial charge on any atom is 0.290 e. The van der Waals surface area contributed by atoms with Crippen molar-refractivity contribution in [1.29, 1.82) is 0 Å². The molecule has 2 aliphatic rings. The summed E-state index contributed by atoms with van der Waals surface area (Å²) in [5.41, 5.74) is 0.730. The molecule has 0 saturated carbocycles. The van der Waals surface area contributed by atoms with Gasteiger partial charge in [-0.1, -0.05) is 31.2 Å². The Balaban J connectivity index is 1.68. The fourth-order valence-electron chi connectivity index (χ4n) is 4.51. The van der Waals surface area contributed by atoms with Crippen LogP contribution in [0.15, 0.2) is 64.8 Å². The number of ether oxygens (including phenoxy) is 1. The molecule has 0 aliphatic carbocycles. The van der Waals surface area contributed by atoms with Crippen molar-refractivity contribution in [3.63, 3.8) is 0 Å². The summed E-state index contributed by atoms with van der Waals surface area (Å²) in [7, 11) is 0. The minimum Gasteiger partial charge on any atom is -0.503 e. The van der Waals surface area contributed by atoms with Gasteiger partial charge in [-0.15, -0.1) is 0 Å². The third-order valence-electron chi connectivity index (χ3n) is 6.16. The molecule has 7 heteroatoms. The summed E-state index contributed by atoms with van der Waals surface area (Å²) >= 11 is 0. The number of aliphatic hydroxyl groups is 1. The number of nitrogens with zero attached hydrogens (tertiary/aromatic N) is 2. The van der Waals surface area contributed by atoms with Crippen molar-refractivity contribution in [2.75, 3.05) is 32.8 Å². The highest BCUT2D eigenvalue weighted by Gasteiger charge is 2.44. The Bertz CT molecular complexity index is 1060. The number of furan rings is 1. The van der Waals surface area contributed by atoms with Crippen molar-refractivity contribution in [1.82, 2.24) is 9.80 Å². The Morgan fingerprint density at radius 3 is 2.70 bits per heavy atom. The SMILES string of the molecule is C=CCOc1cccc(C2C(C(=O)c3ccc(C)o3)=C(O)C(=O)N2CCN2CCCCC2)c1. The Kier molecular flexibility index (Phi) is 6.99. The quantitative estimate of drug-likeness (QED) is 0.455. The molecule has 1 N–H and O–H groups in total. The molecule has 1 fully saturated rings. The largest absolute Gasteiger partial charge is 0.503 e. The number of rotatable bonds is 9. The van der Waals surface area contributed by atoms with Crippen LogP contribution in [0.2, 0.25) is 0 Å². The van der Waals surface area contributed by atoms with Gasteiger partial charge in [-0.05, 0) is 62.7 Å². The Morgan fingerprint density at radius 1 is 1.21 bits per heavy atom. The molecule has 1 aromatic heterocycles. The highest BCUT2D eigenvalue weighted by molar-refractivity contribution is 6.15. The molecule has 4 rings (SSSR count). The summed E-state index contributed by atoms with van der Waals surface area (Å²) in [5.74, 6) is -0.263. The normalized spacial score (nSPS) is 19.2. The average Bonchev–Trinajstić information content (AvgIpc) is 3.38. The van der Waals surface area contributed by atoms with E-state index in [4.69, 9.17) is 9.15 Å². The molecule has 7 nitrogen and oxygen atoms in total. The minimum absolute atomic E-state index is 0.0360. The molecule has 1 unspecified atom stereocenters. The molecule has 0 radical (unpaired) electrons. The first-order valence-electron chi connectivity index (χ1n) is 11.4. The van der Waals surface area contributed by atoms with E-state index >= 15 is 0 Å².